The first-order chi connectivity index (χ1) is 36.9. The number of carboxylic acids is 1. The second kappa shape index (κ2) is 25.1. The number of carbonyl (C=O) groups excluding carboxylic acids is 6. The highest BCUT2D eigenvalue weighted by Crippen LogP contribution is 2.34. The molecule has 4 aliphatic rings. The molecular formula is C51H62ClN11O14. The van der Waals surface area contributed by atoms with E-state index in [1.807, 2.05) is 59.4 Å². The van der Waals surface area contributed by atoms with Crippen LogP contribution in [-0.2, 0) is 59.9 Å². The highest BCUT2D eigenvalue weighted by atomic mass is 35.5. The van der Waals surface area contributed by atoms with Crippen molar-refractivity contribution in [2.24, 2.45) is 5.92 Å². The number of pyridine rings is 1. The predicted molar refractivity (Wildman–Crippen MR) is 275 cm³/mol. The fourth-order valence-corrected chi connectivity index (χ4v) is 9.28. The van der Waals surface area contributed by atoms with Crippen molar-refractivity contribution >= 4 is 76.3 Å². The maximum atomic E-state index is 13.5. The minimum Gasteiger partial charge on any atom is -0.479 e. The van der Waals surface area contributed by atoms with Gasteiger partial charge in [0, 0.05) is 89.3 Å². The zero-order chi connectivity index (χ0) is 54.8. The molecule has 77 heavy (non-hydrogen) atoms. The first kappa shape index (κ1) is 55.8. The number of nitrogens with one attached hydrogen (secondary N) is 3. The number of carbonyl (C=O) groups is 7. The van der Waals surface area contributed by atoms with Gasteiger partial charge in [0.1, 0.15) is 23.0 Å². The number of aliphatic carboxylic acids is 1. The summed E-state index contributed by atoms with van der Waals surface area (Å²) in [6.07, 6.45) is 3.21. The lowest BCUT2D eigenvalue weighted by Crippen LogP contribution is -2.57. The summed E-state index contributed by atoms with van der Waals surface area (Å²) in [5.41, 5.74) is 1.57. The minimum atomic E-state index is -1.32. The van der Waals surface area contributed by atoms with Gasteiger partial charge in [-0.3, -0.25) is 28.9 Å². The van der Waals surface area contributed by atoms with Crippen LogP contribution in [0.5, 0.6) is 5.75 Å². The Morgan fingerprint density at radius 1 is 0.909 bits per heavy atom. The van der Waals surface area contributed by atoms with Crippen LogP contribution in [-0.4, -0.2) is 178 Å². The van der Waals surface area contributed by atoms with E-state index in [4.69, 9.17) is 40.3 Å². The van der Waals surface area contributed by atoms with Crippen LogP contribution in [0.3, 0.4) is 0 Å². The summed E-state index contributed by atoms with van der Waals surface area (Å²) in [4.78, 5) is 108. The largest absolute Gasteiger partial charge is 0.479 e. The van der Waals surface area contributed by atoms with Gasteiger partial charge in [0.05, 0.1) is 74.3 Å². The number of benzene rings is 1. The number of carboxylic acid groups (broad SMARTS) is 1. The van der Waals surface area contributed by atoms with Crippen LogP contribution in [0.1, 0.15) is 57.7 Å². The summed E-state index contributed by atoms with van der Waals surface area (Å²) in [7, 11) is 0. The molecule has 7 heterocycles. The van der Waals surface area contributed by atoms with Crippen molar-refractivity contribution in [2.75, 3.05) is 87.4 Å². The molecule has 0 radical (unpaired) electrons. The second-order valence-electron chi connectivity index (χ2n) is 19.4. The molecule has 3 fully saturated rings. The summed E-state index contributed by atoms with van der Waals surface area (Å²) < 4.78 is 30.1. The molecule has 0 spiro atoms. The van der Waals surface area contributed by atoms with Crippen molar-refractivity contribution in [1.29, 1.82) is 0 Å². The molecule has 6 amide bonds. The monoisotopic (exact) mass is 1090 g/mol. The van der Waals surface area contributed by atoms with E-state index in [-0.39, 0.29) is 120 Å². The van der Waals surface area contributed by atoms with Gasteiger partial charge in [-0.25, -0.2) is 19.6 Å². The van der Waals surface area contributed by atoms with Gasteiger partial charge in [0.2, 0.25) is 30.0 Å². The lowest BCUT2D eigenvalue weighted by molar-refractivity contribution is -0.195. The number of anilines is 3. The number of halogens is 1. The zero-order valence-corrected chi connectivity index (χ0v) is 43.6. The zero-order valence-electron chi connectivity index (χ0n) is 42.8. The fraction of sp³-hybridized carbons (Fsp3) is 0.490. The Morgan fingerprint density at radius 3 is 2.43 bits per heavy atom. The van der Waals surface area contributed by atoms with Crippen LogP contribution in [0.15, 0.2) is 67.1 Å². The number of aromatic nitrogens is 4. The average Bonchev–Trinajstić information content (AvgIpc) is 3.97. The molecule has 5 N–H and O–H groups in total. The molecule has 3 aromatic heterocycles. The number of hydrogen-bond acceptors (Lipinski definition) is 18. The quantitative estimate of drug-likeness (QED) is 0.0526. The minimum absolute atomic E-state index is 0.00916. The standard InChI is InChI=1S/C51H62ClN11O14/c1-31-27-59(15-16-61(31)49-55-25-35(52)46(57-49)60-28-33(29-60)47(69)58-51(2,3)39-26-54-40-6-4-5-14-62(39)40)50(72)75-30-32-7-8-37(76-45-24-34(64)23-38(77-45)48(70)71)36(22-32)56-42(66)11-13-53-41(65)12-18-73-20-21-74-19-17-63-43(67)9-10-44(63)68/h4-10,14,22,25-26,31,33-34,38,45,64H,11-13,15-21,23-24,27-30H2,1-3H3,(H,53,65)(H,56,66)(H,58,69)(H,70,71)/t31-,34-,38-,45?/m0/s1. The van der Waals surface area contributed by atoms with E-state index in [0.717, 1.165) is 16.2 Å². The van der Waals surface area contributed by atoms with Gasteiger partial charge in [-0.15, -0.1) is 0 Å². The van der Waals surface area contributed by atoms with Crippen molar-refractivity contribution in [3.63, 3.8) is 0 Å². The van der Waals surface area contributed by atoms with Gasteiger partial charge in [0.25, 0.3) is 11.8 Å². The summed E-state index contributed by atoms with van der Waals surface area (Å²) in [6, 6.07) is 10.1. The molecule has 4 aliphatic heterocycles. The molecule has 26 heteroatoms. The van der Waals surface area contributed by atoms with E-state index in [1.165, 1.54) is 30.5 Å². The maximum absolute atomic E-state index is 13.5. The van der Waals surface area contributed by atoms with E-state index in [1.54, 1.807) is 17.2 Å². The molecule has 25 nitrogen and oxygen atoms in total. The number of nitrogens with zero attached hydrogens (tertiary/aromatic N) is 8. The third kappa shape index (κ3) is 14.3. The predicted octanol–water partition coefficient (Wildman–Crippen LogP) is 2.24. The molecule has 0 aliphatic carbocycles. The van der Waals surface area contributed by atoms with E-state index < -0.39 is 53.8 Å². The summed E-state index contributed by atoms with van der Waals surface area (Å²) in [5, 5.41) is 28.8. The van der Waals surface area contributed by atoms with E-state index >= 15 is 0 Å². The molecule has 1 unspecified atom stereocenters. The van der Waals surface area contributed by atoms with Gasteiger partial charge in [-0.2, -0.15) is 4.98 Å². The Bertz CT molecular complexity index is 2840. The van der Waals surface area contributed by atoms with E-state index in [2.05, 4.69) is 25.9 Å². The molecule has 412 valence electrons. The number of aliphatic hydroxyl groups excluding tert-OH is 1. The lowest BCUT2D eigenvalue weighted by Gasteiger charge is -2.42. The Labute approximate surface area is 447 Å². The van der Waals surface area contributed by atoms with Crippen molar-refractivity contribution in [2.45, 2.75) is 83.1 Å². The van der Waals surface area contributed by atoms with Crippen molar-refractivity contribution in [1.82, 2.24) is 39.8 Å². The third-order valence-corrected chi connectivity index (χ3v) is 13.5. The normalized spacial score (nSPS) is 19.8. The van der Waals surface area contributed by atoms with E-state index in [9.17, 15) is 43.8 Å². The molecule has 4 atom stereocenters. The maximum Gasteiger partial charge on any atom is 0.410 e. The summed E-state index contributed by atoms with van der Waals surface area (Å²) in [6.45, 7) is 8.05. The molecule has 4 aromatic rings. The Kier molecular flexibility index (Phi) is 18.2. The molecule has 0 saturated carbocycles. The number of aliphatic hydroxyl groups is 1. The van der Waals surface area contributed by atoms with E-state index in [0.29, 0.717) is 42.0 Å². The number of hydrogen-bond donors (Lipinski definition) is 5. The van der Waals surface area contributed by atoms with Crippen LogP contribution in [0.4, 0.5) is 22.2 Å². The van der Waals surface area contributed by atoms with Crippen LogP contribution in [0.2, 0.25) is 5.02 Å². The first-order valence-electron chi connectivity index (χ1n) is 25.2. The number of fused-ring (bicyclic) bond motifs is 1. The van der Waals surface area contributed by atoms with Gasteiger partial charge in [-0.1, -0.05) is 23.7 Å². The lowest BCUT2D eigenvalue weighted by atomic mass is 9.95. The number of ether oxygens (including phenoxy) is 5. The van der Waals surface area contributed by atoms with Gasteiger partial charge in [-0.05, 0) is 50.6 Å². The SMILES string of the molecule is C[C@H]1CN(C(=O)OCc2ccc(OC3C[C@@H](O)C[C@@H](C(=O)O)O3)c(NC(=O)CCNC(=O)CCOCCOCCN3C(=O)C=CC3=O)c2)CCN1c1ncc(Cl)c(N2CC(C(=O)NC(C)(C)c3cnc4ccccn34)C2)n1. The Hall–Kier alpha value is -7.45. The number of amides is 6. The number of imidazole rings is 1. The van der Waals surface area contributed by atoms with Crippen molar-refractivity contribution < 1.29 is 67.5 Å². The molecule has 1 aromatic carbocycles. The van der Waals surface area contributed by atoms with Crippen LogP contribution in [0.25, 0.3) is 5.65 Å². The second-order valence-corrected chi connectivity index (χ2v) is 19.8. The van der Waals surface area contributed by atoms with Gasteiger partial charge < -0.3 is 68.9 Å². The number of rotatable bonds is 23. The topological polar surface area (TPSA) is 298 Å². The highest BCUT2D eigenvalue weighted by molar-refractivity contribution is 6.32. The average molecular weight is 1090 g/mol. The Morgan fingerprint density at radius 2 is 1.68 bits per heavy atom. The van der Waals surface area contributed by atoms with Crippen molar-refractivity contribution in [3.05, 3.63) is 83.4 Å². The molecule has 8 rings (SSSR count). The van der Waals surface area contributed by atoms with Crippen LogP contribution in [0, 0.1) is 5.92 Å². The third-order valence-electron chi connectivity index (χ3n) is 13.3. The number of piperazine rings is 1. The first-order valence-corrected chi connectivity index (χ1v) is 25.6. The van der Waals surface area contributed by atoms with Gasteiger partial charge in [0.15, 0.2) is 11.9 Å². The van der Waals surface area contributed by atoms with Crippen LogP contribution < -0.4 is 30.5 Å². The molecule has 0 bridgehead atoms. The summed E-state index contributed by atoms with van der Waals surface area (Å²) >= 11 is 6.61. The van der Waals surface area contributed by atoms with Crippen LogP contribution >= 0.6 is 11.6 Å². The van der Waals surface area contributed by atoms with Crippen molar-refractivity contribution in [3.8, 4) is 5.75 Å². The Balaban J connectivity index is 0.795. The fourth-order valence-electron chi connectivity index (χ4n) is 9.07. The van der Waals surface area contributed by atoms with Gasteiger partial charge >= 0.3 is 12.1 Å². The smallest absolute Gasteiger partial charge is 0.410 e. The molecular weight excluding hydrogens is 1030 g/mol. The molecule has 3 saturated heterocycles. The highest BCUT2D eigenvalue weighted by Gasteiger charge is 2.39. The number of imide groups is 1. The summed E-state index contributed by atoms with van der Waals surface area (Å²) in [5.74, 6) is -2.30.